The maximum Gasteiger partial charge on any atom is 0.255 e. The van der Waals surface area contributed by atoms with E-state index in [1.54, 1.807) is 11.3 Å². The highest BCUT2D eigenvalue weighted by Gasteiger charge is 2.20. The second-order valence-corrected chi connectivity index (χ2v) is 7.54. The molecule has 4 rings (SSSR count). The quantitative estimate of drug-likeness (QED) is 0.696. The van der Waals surface area contributed by atoms with Crippen LogP contribution in [0.2, 0.25) is 0 Å². The van der Waals surface area contributed by atoms with Crippen LogP contribution in [0.15, 0.2) is 66.0 Å². The molecule has 4 nitrogen and oxygen atoms in total. The van der Waals surface area contributed by atoms with Gasteiger partial charge in [-0.3, -0.25) is 9.59 Å². The van der Waals surface area contributed by atoms with Gasteiger partial charge < -0.3 is 10.2 Å². The van der Waals surface area contributed by atoms with Crippen LogP contribution in [0.1, 0.15) is 28.8 Å². The molecule has 27 heavy (non-hydrogen) atoms. The highest BCUT2D eigenvalue weighted by Crippen LogP contribution is 2.31. The largest absolute Gasteiger partial charge is 0.338 e. The molecular weight excluding hydrogens is 356 g/mol. The minimum Gasteiger partial charge on any atom is -0.338 e. The molecule has 5 heteroatoms. The third kappa shape index (κ3) is 3.93. The molecule has 136 valence electrons. The van der Waals surface area contributed by atoms with Gasteiger partial charge in [-0.15, -0.1) is 11.3 Å². The lowest BCUT2D eigenvalue weighted by molar-refractivity contribution is -0.128. The number of amides is 2. The minimum atomic E-state index is -0.136. The molecule has 0 saturated carbocycles. The van der Waals surface area contributed by atoms with Crippen molar-refractivity contribution in [3.8, 4) is 10.4 Å². The number of thiophene rings is 1. The SMILES string of the molecule is O=C(Nc1ccccc1-c1cccs1)c1ccc(CN2CCCC2=O)cc1. The average molecular weight is 376 g/mol. The second-order valence-electron chi connectivity index (χ2n) is 6.59. The van der Waals surface area contributed by atoms with E-state index in [0.717, 1.165) is 34.7 Å². The molecule has 1 aliphatic rings. The Kier molecular flexibility index (Phi) is 5.03. The topological polar surface area (TPSA) is 49.4 Å². The lowest BCUT2D eigenvalue weighted by Crippen LogP contribution is -2.23. The van der Waals surface area contributed by atoms with Gasteiger partial charge in [-0.25, -0.2) is 0 Å². The van der Waals surface area contributed by atoms with E-state index in [0.29, 0.717) is 18.5 Å². The third-order valence-electron chi connectivity index (χ3n) is 4.72. The predicted molar refractivity (Wildman–Crippen MR) is 109 cm³/mol. The van der Waals surface area contributed by atoms with Crippen molar-refractivity contribution in [2.75, 3.05) is 11.9 Å². The molecule has 2 aromatic carbocycles. The van der Waals surface area contributed by atoms with Gasteiger partial charge in [-0.05, 0) is 41.6 Å². The van der Waals surface area contributed by atoms with Crippen LogP contribution in [0.4, 0.5) is 5.69 Å². The monoisotopic (exact) mass is 376 g/mol. The summed E-state index contributed by atoms with van der Waals surface area (Å²) in [6.45, 7) is 1.43. The molecule has 3 aromatic rings. The predicted octanol–water partition coefficient (Wildman–Crippen LogP) is 4.79. The normalized spacial score (nSPS) is 13.8. The molecule has 0 unspecified atom stereocenters. The molecule has 0 aliphatic carbocycles. The highest BCUT2D eigenvalue weighted by molar-refractivity contribution is 7.13. The van der Waals surface area contributed by atoms with Crippen LogP contribution in [0.25, 0.3) is 10.4 Å². The van der Waals surface area contributed by atoms with Crippen LogP contribution in [-0.4, -0.2) is 23.3 Å². The fourth-order valence-corrected chi connectivity index (χ4v) is 4.05. The van der Waals surface area contributed by atoms with Gasteiger partial charge in [0, 0.05) is 41.2 Å². The van der Waals surface area contributed by atoms with Crippen molar-refractivity contribution in [3.63, 3.8) is 0 Å². The first-order valence-corrected chi connectivity index (χ1v) is 9.89. The first-order chi connectivity index (χ1) is 13.2. The summed E-state index contributed by atoms with van der Waals surface area (Å²) >= 11 is 1.65. The van der Waals surface area contributed by atoms with Crippen molar-refractivity contribution in [1.82, 2.24) is 4.90 Å². The molecule has 1 aliphatic heterocycles. The van der Waals surface area contributed by atoms with Gasteiger partial charge in [0.1, 0.15) is 0 Å². The van der Waals surface area contributed by atoms with Crippen LogP contribution in [0.3, 0.4) is 0 Å². The number of para-hydroxylation sites is 1. The van der Waals surface area contributed by atoms with Crippen LogP contribution < -0.4 is 5.32 Å². The van der Waals surface area contributed by atoms with Crippen LogP contribution >= 0.6 is 11.3 Å². The Morgan fingerprint density at radius 2 is 1.85 bits per heavy atom. The maximum absolute atomic E-state index is 12.7. The average Bonchev–Trinajstić information content (AvgIpc) is 3.35. The molecule has 2 heterocycles. The number of anilines is 1. The van der Waals surface area contributed by atoms with Crippen molar-refractivity contribution in [2.45, 2.75) is 19.4 Å². The van der Waals surface area contributed by atoms with E-state index < -0.39 is 0 Å². The highest BCUT2D eigenvalue weighted by atomic mass is 32.1. The van der Waals surface area contributed by atoms with Crippen molar-refractivity contribution in [1.29, 1.82) is 0 Å². The Balaban J connectivity index is 1.47. The van der Waals surface area contributed by atoms with E-state index in [1.807, 2.05) is 70.9 Å². The number of hydrogen-bond donors (Lipinski definition) is 1. The maximum atomic E-state index is 12.7. The Hall–Kier alpha value is -2.92. The summed E-state index contributed by atoms with van der Waals surface area (Å²) in [4.78, 5) is 27.4. The van der Waals surface area contributed by atoms with Gasteiger partial charge in [0.15, 0.2) is 0 Å². The first-order valence-electron chi connectivity index (χ1n) is 9.02. The number of nitrogens with zero attached hydrogens (tertiary/aromatic N) is 1. The fraction of sp³-hybridized carbons (Fsp3) is 0.182. The second kappa shape index (κ2) is 7.76. The van der Waals surface area contributed by atoms with E-state index in [-0.39, 0.29) is 11.8 Å². The van der Waals surface area contributed by atoms with Gasteiger partial charge in [-0.2, -0.15) is 0 Å². The van der Waals surface area contributed by atoms with Gasteiger partial charge in [0.2, 0.25) is 5.91 Å². The van der Waals surface area contributed by atoms with E-state index in [4.69, 9.17) is 0 Å². The summed E-state index contributed by atoms with van der Waals surface area (Å²) in [5.41, 5.74) is 3.47. The standard InChI is InChI=1S/C22H20N2O2S/c25-21-8-3-13-24(21)15-16-9-11-17(12-10-16)22(26)23-19-6-2-1-5-18(19)20-7-4-14-27-20/h1-2,4-7,9-12,14H,3,8,13,15H2,(H,23,26). The van der Waals surface area contributed by atoms with Gasteiger partial charge in [-0.1, -0.05) is 36.4 Å². The lowest BCUT2D eigenvalue weighted by Gasteiger charge is -2.15. The van der Waals surface area contributed by atoms with E-state index >= 15 is 0 Å². The van der Waals surface area contributed by atoms with Crippen molar-refractivity contribution in [3.05, 3.63) is 77.2 Å². The smallest absolute Gasteiger partial charge is 0.255 e. The van der Waals surface area contributed by atoms with E-state index in [2.05, 4.69) is 5.32 Å². The van der Waals surface area contributed by atoms with Crippen LogP contribution in [-0.2, 0) is 11.3 Å². The number of hydrogen-bond acceptors (Lipinski definition) is 3. The first kappa shape index (κ1) is 17.5. The number of nitrogens with one attached hydrogen (secondary N) is 1. The zero-order chi connectivity index (χ0) is 18.6. The molecule has 0 radical (unpaired) electrons. The van der Waals surface area contributed by atoms with Crippen molar-refractivity contribution in [2.24, 2.45) is 0 Å². The third-order valence-corrected chi connectivity index (χ3v) is 5.63. The fourth-order valence-electron chi connectivity index (χ4n) is 3.29. The van der Waals surface area contributed by atoms with E-state index in [9.17, 15) is 9.59 Å². The van der Waals surface area contributed by atoms with Crippen molar-refractivity contribution >= 4 is 28.8 Å². The Morgan fingerprint density at radius 1 is 1.04 bits per heavy atom. The van der Waals surface area contributed by atoms with Gasteiger partial charge in [0.25, 0.3) is 5.91 Å². The summed E-state index contributed by atoms with van der Waals surface area (Å²) in [6, 6.07) is 19.3. The molecule has 1 aromatic heterocycles. The van der Waals surface area contributed by atoms with Gasteiger partial charge in [0.05, 0.1) is 0 Å². The minimum absolute atomic E-state index is 0.136. The number of benzene rings is 2. The zero-order valence-electron chi connectivity index (χ0n) is 14.9. The van der Waals surface area contributed by atoms with Crippen LogP contribution in [0, 0.1) is 0 Å². The molecule has 1 N–H and O–H groups in total. The summed E-state index contributed by atoms with van der Waals surface area (Å²) in [5.74, 6) is 0.0739. The summed E-state index contributed by atoms with van der Waals surface area (Å²) in [7, 11) is 0. The summed E-state index contributed by atoms with van der Waals surface area (Å²) in [6.07, 6.45) is 1.58. The Labute approximate surface area is 162 Å². The number of rotatable bonds is 5. The molecule has 1 fully saturated rings. The Morgan fingerprint density at radius 3 is 2.56 bits per heavy atom. The molecular formula is C22H20N2O2S. The van der Waals surface area contributed by atoms with Crippen molar-refractivity contribution < 1.29 is 9.59 Å². The summed E-state index contributed by atoms with van der Waals surface area (Å²) < 4.78 is 0. The van der Waals surface area contributed by atoms with Gasteiger partial charge >= 0.3 is 0 Å². The Bertz CT molecular complexity index is 949. The lowest BCUT2D eigenvalue weighted by atomic mass is 10.1. The molecule has 0 bridgehead atoms. The van der Waals surface area contributed by atoms with Crippen LogP contribution in [0.5, 0.6) is 0 Å². The number of carbonyl (C=O) groups is 2. The molecule has 0 atom stereocenters. The molecule has 1 saturated heterocycles. The summed E-state index contributed by atoms with van der Waals surface area (Å²) in [5, 5.41) is 5.04. The number of likely N-dealkylation sites (tertiary alicyclic amines) is 1. The zero-order valence-corrected chi connectivity index (χ0v) is 15.7. The van der Waals surface area contributed by atoms with E-state index in [1.165, 1.54) is 0 Å². The number of carbonyl (C=O) groups excluding carboxylic acids is 2. The molecule has 2 amide bonds. The molecule has 0 spiro atoms.